The molecule has 3 nitrogen and oxygen atoms in total. The number of hydrogen-bond acceptors (Lipinski definition) is 1. The quantitative estimate of drug-likeness (QED) is 0.493. The zero-order valence-electron chi connectivity index (χ0n) is 12.0. The lowest BCUT2D eigenvalue weighted by atomic mass is 9.97. The second-order valence-corrected chi connectivity index (χ2v) is 7.93. The third-order valence-corrected chi connectivity index (χ3v) is 4.24. The summed E-state index contributed by atoms with van der Waals surface area (Å²) in [6, 6.07) is 9.69. The van der Waals surface area contributed by atoms with Crippen LogP contribution in [-0.2, 0) is 4.79 Å². The van der Waals surface area contributed by atoms with Crippen LogP contribution in [0.5, 0.6) is 0 Å². The van der Waals surface area contributed by atoms with Crippen molar-refractivity contribution in [1.82, 2.24) is 4.98 Å². The first-order valence-electron chi connectivity index (χ1n) is 7.24. The van der Waals surface area contributed by atoms with Crippen LogP contribution in [0.1, 0.15) is 43.7 Å². The van der Waals surface area contributed by atoms with Crippen molar-refractivity contribution >= 4 is 51.7 Å². The number of nitrogens with one attached hydrogen (secondary N) is 1. The molecule has 0 aliphatic rings. The van der Waals surface area contributed by atoms with Gasteiger partial charge in [0.05, 0.1) is 5.92 Å². The molecule has 2 aromatic rings. The zero-order chi connectivity index (χ0) is 16.2. The molecule has 0 saturated carbocycles. The molecule has 0 radical (unpaired) electrons. The van der Waals surface area contributed by atoms with Crippen molar-refractivity contribution in [2.45, 2.75) is 41.8 Å². The van der Waals surface area contributed by atoms with Gasteiger partial charge in [-0.2, -0.15) is 0 Å². The van der Waals surface area contributed by atoms with Crippen molar-refractivity contribution in [3.05, 3.63) is 36.0 Å². The maximum atomic E-state index is 11.5. The molecule has 0 aliphatic carbocycles. The van der Waals surface area contributed by atoms with Gasteiger partial charge in [0.15, 0.2) is 3.79 Å². The number of benzene rings is 1. The minimum absolute atomic E-state index is 0.488. The Hall–Kier alpha value is -0.900. The summed E-state index contributed by atoms with van der Waals surface area (Å²) >= 11 is 17.1. The molecule has 0 spiro atoms. The lowest BCUT2D eigenvalue weighted by Gasteiger charge is -2.12. The van der Waals surface area contributed by atoms with E-state index in [0.29, 0.717) is 12.8 Å². The van der Waals surface area contributed by atoms with Crippen LogP contribution >= 0.6 is 34.8 Å². The zero-order valence-corrected chi connectivity index (χ0v) is 14.3. The fraction of sp³-hybridized carbons (Fsp3) is 0.438. The smallest absolute Gasteiger partial charge is 0.312 e. The third-order valence-electron chi connectivity index (χ3n) is 3.68. The Morgan fingerprint density at radius 2 is 1.91 bits per heavy atom. The van der Waals surface area contributed by atoms with Crippen LogP contribution in [0, 0.1) is 0 Å². The number of H-pyrrole nitrogens is 1. The van der Waals surface area contributed by atoms with E-state index in [1.807, 2.05) is 30.3 Å². The van der Waals surface area contributed by atoms with Gasteiger partial charge in [-0.15, -0.1) is 0 Å². The van der Waals surface area contributed by atoms with E-state index < -0.39 is 15.7 Å². The fourth-order valence-electron chi connectivity index (χ4n) is 2.55. The highest BCUT2D eigenvalue weighted by Crippen LogP contribution is 2.32. The molecule has 120 valence electrons. The van der Waals surface area contributed by atoms with Crippen molar-refractivity contribution in [3.8, 4) is 0 Å². The second-order valence-electron chi connectivity index (χ2n) is 5.42. The third kappa shape index (κ3) is 5.08. The molecule has 0 aliphatic heterocycles. The summed E-state index contributed by atoms with van der Waals surface area (Å²) in [5.41, 5.74) is 1.70. The topological polar surface area (TPSA) is 53.1 Å². The van der Waals surface area contributed by atoms with Crippen LogP contribution in [0.15, 0.2) is 30.3 Å². The van der Waals surface area contributed by atoms with E-state index in [-0.39, 0.29) is 0 Å². The number of unbranched alkanes of at least 4 members (excludes halogenated alkanes) is 2. The molecule has 1 heterocycles. The maximum absolute atomic E-state index is 11.5. The predicted octanol–water partition coefficient (Wildman–Crippen LogP) is 5.66. The summed E-state index contributed by atoms with van der Waals surface area (Å²) < 4.78 is -1.22. The molecule has 2 N–H and O–H groups in total. The summed E-state index contributed by atoms with van der Waals surface area (Å²) in [6.45, 7) is 0. The Balaban J connectivity index is 1.94. The van der Waals surface area contributed by atoms with Gasteiger partial charge < -0.3 is 10.1 Å². The summed E-state index contributed by atoms with van der Waals surface area (Å²) in [4.78, 5) is 14.7. The Morgan fingerprint density at radius 1 is 1.18 bits per heavy atom. The second kappa shape index (κ2) is 7.58. The highest BCUT2D eigenvalue weighted by Gasteiger charge is 2.22. The summed E-state index contributed by atoms with van der Waals surface area (Å²) in [5, 5.41) is 10.5. The number of carboxylic acids is 1. The molecule has 2 rings (SSSR count). The minimum Gasteiger partial charge on any atom is -0.481 e. The average Bonchev–Trinajstić information content (AvgIpc) is 2.84. The first-order chi connectivity index (χ1) is 10.4. The lowest BCUT2D eigenvalue weighted by Crippen LogP contribution is -2.12. The standard InChI is InChI=1S/C16H18Cl3NO2/c17-16(18,19)9-5-1-2-7-12(15(21)22)14-10-11-6-3-4-8-13(11)20-14/h3-4,6,8,10,12,20H,1-2,5,7,9H2,(H,21,22). The number of carboxylic acid groups (broad SMARTS) is 1. The predicted molar refractivity (Wildman–Crippen MR) is 92.1 cm³/mol. The Bertz CT molecular complexity index is 601. The average molecular weight is 363 g/mol. The Labute approximate surface area is 144 Å². The van der Waals surface area contributed by atoms with Crippen LogP contribution in [0.25, 0.3) is 10.9 Å². The molecule has 0 saturated heterocycles. The van der Waals surface area contributed by atoms with Gasteiger partial charge in [0.1, 0.15) is 0 Å². The van der Waals surface area contributed by atoms with E-state index in [4.69, 9.17) is 34.8 Å². The van der Waals surface area contributed by atoms with E-state index in [0.717, 1.165) is 35.9 Å². The van der Waals surface area contributed by atoms with Gasteiger partial charge >= 0.3 is 5.97 Å². The van der Waals surface area contributed by atoms with E-state index in [2.05, 4.69) is 4.98 Å². The molecule has 6 heteroatoms. The number of aromatic amines is 1. The Kier molecular flexibility index (Phi) is 6.01. The number of hydrogen-bond donors (Lipinski definition) is 2. The number of alkyl halides is 3. The van der Waals surface area contributed by atoms with Crippen LogP contribution in [0.4, 0.5) is 0 Å². The van der Waals surface area contributed by atoms with Gasteiger partial charge in [-0.1, -0.05) is 65.8 Å². The van der Waals surface area contributed by atoms with Gasteiger partial charge in [-0.25, -0.2) is 0 Å². The highest BCUT2D eigenvalue weighted by atomic mass is 35.6. The van der Waals surface area contributed by atoms with Crippen molar-refractivity contribution in [3.63, 3.8) is 0 Å². The molecule has 1 atom stereocenters. The number of halogens is 3. The van der Waals surface area contributed by atoms with Crippen LogP contribution in [0.3, 0.4) is 0 Å². The number of rotatable bonds is 7. The first kappa shape index (κ1) is 17.5. The van der Waals surface area contributed by atoms with Crippen molar-refractivity contribution < 1.29 is 9.90 Å². The molecular weight excluding hydrogens is 345 g/mol. The van der Waals surface area contributed by atoms with Crippen LogP contribution in [-0.4, -0.2) is 19.9 Å². The van der Waals surface area contributed by atoms with Gasteiger partial charge in [0, 0.05) is 11.2 Å². The minimum atomic E-state index is -1.22. The normalized spacial score (nSPS) is 13.4. The number of aliphatic carboxylic acids is 1. The molecule has 1 unspecified atom stereocenters. The highest BCUT2D eigenvalue weighted by molar-refractivity contribution is 6.67. The van der Waals surface area contributed by atoms with E-state index >= 15 is 0 Å². The van der Waals surface area contributed by atoms with Crippen molar-refractivity contribution in [1.29, 1.82) is 0 Å². The van der Waals surface area contributed by atoms with E-state index in [1.54, 1.807) is 0 Å². The fourth-order valence-corrected chi connectivity index (χ4v) is 2.95. The van der Waals surface area contributed by atoms with Crippen molar-refractivity contribution in [2.75, 3.05) is 0 Å². The molecule has 0 bridgehead atoms. The first-order valence-corrected chi connectivity index (χ1v) is 8.37. The number of carbonyl (C=O) groups is 1. The van der Waals surface area contributed by atoms with Gasteiger partial charge in [0.25, 0.3) is 0 Å². The van der Waals surface area contributed by atoms with Crippen LogP contribution in [0.2, 0.25) is 0 Å². The summed E-state index contributed by atoms with van der Waals surface area (Å²) in [6.07, 6.45) is 3.46. The SMILES string of the molecule is O=C(O)C(CCCCCC(Cl)(Cl)Cl)c1cc2ccccc2[nH]1. The molecule has 1 aromatic carbocycles. The molecule has 1 aromatic heterocycles. The Morgan fingerprint density at radius 3 is 2.55 bits per heavy atom. The van der Waals surface area contributed by atoms with Gasteiger partial charge in [-0.3, -0.25) is 4.79 Å². The van der Waals surface area contributed by atoms with Gasteiger partial charge in [0.2, 0.25) is 0 Å². The number of para-hydroxylation sites is 1. The van der Waals surface area contributed by atoms with Gasteiger partial charge in [-0.05, 0) is 36.8 Å². The van der Waals surface area contributed by atoms with E-state index in [1.165, 1.54) is 0 Å². The summed E-state index contributed by atoms with van der Waals surface area (Å²) in [5.74, 6) is -1.34. The molecule has 0 fully saturated rings. The molecule has 22 heavy (non-hydrogen) atoms. The lowest BCUT2D eigenvalue weighted by molar-refractivity contribution is -0.139. The van der Waals surface area contributed by atoms with E-state index in [9.17, 15) is 9.90 Å². The van der Waals surface area contributed by atoms with Crippen LogP contribution < -0.4 is 0 Å². The molecular formula is C16H18Cl3NO2. The number of fused-ring (bicyclic) bond motifs is 1. The maximum Gasteiger partial charge on any atom is 0.312 e. The largest absolute Gasteiger partial charge is 0.481 e. The monoisotopic (exact) mass is 361 g/mol. The number of aromatic nitrogens is 1. The van der Waals surface area contributed by atoms with Crippen molar-refractivity contribution in [2.24, 2.45) is 0 Å². The molecule has 0 amide bonds. The summed E-state index contributed by atoms with van der Waals surface area (Å²) in [7, 11) is 0.